The highest BCUT2D eigenvalue weighted by atomic mass is 35.5. The topological polar surface area (TPSA) is 80.5 Å². The second-order valence-electron chi connectivity index (χ2n) is 3.59. The number of hydrogen-bond acceptors (Lipinski definition) is 4. The maximum atomic E-state index is 11.5. The van der Waals surface area contributed by atoms with Gasteiger partial charge in [0.1, 0.15) is 5.69 Å². The summed E-state index contributed by atoms with van der Waals surface area (Å²) in [5.41, 5.74) is -0.171. The van der Waals surface area contributed by atoms with Gasteiger partial charge in [0.2, 0.25) is 5.91 Å². The number of halogens is 1. The lowest BCUT2D eigenvalue weighted by Gasteiger charge is -2.14. The predicted molar refractivity (Wildman–Crippen MR) is 60.1 cm³/mol. The molecule has 0 spiro atoms. The van der Waals surface area contributed by atoms with Crippen LogP contribution < -0.4 is 4.90 Å². The maximum absolute atomic E-state index is 11.5. The summed E-state index contributed by atoms with van der Waals surface area (Å²) in [7, 11) is 0. The summed E-state index contributed by atoms with van der Waals surface area (Å²) in [6, 6.07) is 3.98. The number of benzene rings is 1. The highest BCUT2D eigenvalue weighted by molar-refractivity contribution is 6.31. The van der Waals surface area contributed by atoms with Gasteiger partial charge in [-0.1, -0.05) is 11.6 Å². The Bertz CT molecular complexity index is 529. The Morgan fingerprint density at radius 3 is 2.59 bits per heavy atom. The number of hydrogen-bond donors (Lipinski definition) is 0. The zero-order valence-corrected chi connectivity index (χ0v) is 9.31. The molecule has 6 nitrogen and oxygen atoms in total. The molecular weight excluding hydrogens is 248 g/mol. The smallest absolute Gasteiger partial charge is 0.294 e. The van der Waals surface area contributed by atoms with Crippen molar-refractivity contribution < 1.29 is 14.5 Å². The van der Waals surface area contributed by atoms with E-state index < -0.39 is 10.8 Å². The SMILES string of the molecule is O=C1CC(=O)N(c2ccc(Cl)cc2[N+](=O)[O-])C1. The van der Waals surface area contributed by atoms with E-state index in [0.717, 1.165) is 11.0 Å². The number of carbonyl (C=O) groups excluding carboxylic acids is 2. The van der Waals surface area contributed by atoms with Gasteiger partial charge >= 0.3 is 0 Å². The van der Waals surface area contributed by atoms with Crippen LogP contribution in [0.25, 0.3) is 0 Å². The molecule has 1 fully saturated rings. The van der Waals surface area contributed by atoms with Gasteiger partial charge in [-0.3, -0.25) is 24.6 Å². The van der Waals surface area contributed by atoms with Crippen LogP contribution in [0.5, 0.6) is 0 Å². The molecular formula is C10H7ClN2O4. The van der Waals surface area contributed by atoms with Gasteiger partial charge in [0.05, 0.1) is 17.9 Å². The van der Waals surface area contributed by atoms with E-state index in [1.165, 1.54) is 12.1 Å². The minimum Gasteiger partial charge on any atom is -0.299 e. The molecule has 0 unspecified atom stereocenters. The van der Waals surface area contributed by atoms with Crippen molar-refractivity contribution in [3.63, 3.8) is 0 Å². The number of nitro benzene ring substituents is 1. The molecule has 1 aliphatic heterocycles. The largest absolute Gasteiger partial charge is 0.299 e. The van der Waals surface area contributed by atoms with Crippen molar-refractivity contribution in [1.82, 2.24) is 0 Å². The first kappa shape index (κ1) is 11.5. The average molecular weight is 255 g/mol. The summed E-state index contributed by atoms with van der Waals surface area (Å²) in [5.74, 6) is -0.681. The lowest BCUT2D eigenvalue weighted by molar-refractivity contribution is -0.384. The molecule has 2 rings (SSSR count). The van der Waals surface area contributed by atoms with E-state index in [0.29, 0.717) is 0 Å². The number of carbonyl (C=O) groups is 2. The number of rotatable bonds is 2. The summed E-state index contributed by atoms with van der Waals surface area (Å²) >= 11 is 5.66. The molecule has 17 heavy (non-hydrogen) atoms. The van der Waals surface area contributed by atoms with Crippen molar-refractivity contribution in [2.75, 3.05) is 11.4 Å². The second-order valence-corrected chi connectivity index (χ2v) is 4.02. The summed E-state index contributed by atoms with van der Waals surface area (Å²) in [4.78, 5) is 33.9. The quantitative estimate of drug-likeness (QED) is 0.456. The molecule has 0 saturated carbocycles. The Balaban J connectivity index is 2.48. The molecule has 0 aromatic heterocycles. The Kier molecular flexibility index (Phi) is 2.81. The minimum atomic E-state index is -0.628. The highest BCUT2D eigenvalue weighted by Gasteiger charge is 2.32. The van der Waals surface area contributed by atoms with Crippen molar-refractivity contribution in [3.05, 3.63) is 33.3 Å². The molecule has 0 N–H and O–H groups in total. The molecule has 1 amide bonds. The molecule has 1 aliphatic rings. The van der Waals surface area contributed by atoms with Crippen LogP contribution >= 0.6 is 11.6 Å². The van der Waals surface area contributed by atoms with Crippen LogP contribution in [0.4, 0.5) is 11.4 Å². The first-order valence-electron chi connectivity index (χ1n) is 4.75. The normalized spacial score (nSPS) is 15.5. The standard InChI is InChI=1S/C10H7ClN2O4/c11-6-1-2-8(9(3-6)13(16)17)12-5-7(14)4-10(12)15/h1-3H,4-5H2. The number of amides is 1. The first-order valence-corrected chi connectivity index (χ1v) is 5.13. The van der Waals surface area contributed by atoms with Gasteiger partial charge in [0, 0.05) is 11.1 Å². The number of anilines is 1. The lowest BCUT2D eigenvalue weighted by Crippen LogP contribution is -2.25. The van der Waals surface area contributed by atoms with Crippen LogP contribution in [0, 0.1) is 10.1 Å². The first-order chi connectivity index (χ1) is 7.99. The third-order valence-corrected chi connectivity index (χ3v) is 2.64. The van der Waals surface area contributed by atoms with Crippen LogP contribution in [0.2, 0.25) is 5.02 Å². The molecule has 1 saturated heterocycles. The van der Waals surface area contributed by atoms with Gasteiger partial charge in [-0.15, -0.1) is 0 Å². The summed E-state index contributed by atoms with van der Waals surface area (Å²) in [6.45, 7) is -0.124. The molecule has 1 heterocycles. The van der Waals surface area contributed by atoms with Crippen LogP contribution in [0.3, 0.4) is 0 Å². The molecule has 7 heteroatoms. The fourth-order valence-electron chi connectivity index (χ4n) is 1.68. The second kappa shape index (κ2) is 4.14. The number of ketones is 1. The fourth-order valence-corrected chi connectivity index (χ4v) is 1.84. The third-order valence-electron chi connectivity index (χ3n) is 2.41. The van der Waals surface area contributed by atoms with E-state index in [9.17, 15) is 19.7 Å². The molecule has 0 radical (unpaired) electrons. The van der Waals surface area contributed by atoms with Crippen LogP contribution in [0.15, 0.2) is 18.2 Å². The Labute approximate surface area is 101 Å². The van der Waals surface area contributed by atoms with E-state index >= 15 is 0 Å². The van der Waals surface area contributed by atoms with Gasteiger partial charge < -0.3 is 0 Å². The monoisotopic (exact) mass is 254 g/mol. The average Bonchev–Trinajstić information content (AvgIpc) is 2.57. The Hall–Kier alpha value is -1.95. The van der Waals surface area contributed by atoms with Gasteiger partial charge in [-0.05, 0) is 12.1 Å². The zero-order valence-electron chi connectivity index (χ0n) is 8.55. The van der Waals surface area contributed by atoms with E-state index in [-0.39, 0.29) is 35.1 Å². The summed E-state index contributed by atoms with van der Waals surface area (Å²) in [6.07, 6.45) is -0.209. The van der Waals surface area contributed by atoms with Crippen LogP contribution in [-0.4, -0.2) is 23.2 Å². The zero-order chi connectivity index (χ0) is 12.6. The molecule has 1 aromatic rings. The van der Waals surface area contributed by atoms with E-state index in [1.54, 1.807) is 0 Å². The highest BCUT2D eigenvalue weighted by Crippen LogP contribution is 2.32. The number of Topliss-reactive ketones (excluding diaryl/α,β-unsaturated/α-hetero) is 1. The van der Waals surface area contributed by atoms with E-state index in [4.69, 9.17) is 11.6 Å². The Morgan fingerprint density at radius 2 is 2.06 bits per heavy atom. The van der Waals surface area contributed by atoms with Crippen molar-refractivity contribution in [1.29, 1.82) is 0 Å². The minimum absolute atomic E-state index is 0.107. The third kappa shape index (κ3) is 2.12. The van der Waals surface area contributed by atoms with Crippen LogP contribution in [0.1, 0.15) is 6.42 Å². The van der Waals surface area contributed by atoms with Crippen LogP contribution in [-0.2, 0) is 9.59 Å². The molecule has 88 valence electrons. The van der Waals surface area contributed by atoms with Gasteiger partial charge in [-0.2, -0.15) is 0 Å². The fraction of sp³-hybridized carbons (Fsp3) is 0.200. The van der Waals surface area contributed by atoms with E-state index in [2.05, 4.69) is 0 Å². The van der Waals surface area contributed by atoms with Crippen molar-refractivity contribution in [3.8, 4) is 0 Å². The van der Waals surface area contributed by atoms with Gasteiger partial charge in [-0.25, -0.2) is 0 Å². The summed E-state index contributed by atoms with van der Waals surface area (Å²) < 4.78 is 0. The van der Waals surface area contributed by atoms with Crippen molar-refractivity contribution in [2.45, 2.75) is 6.42 Å². The lowest BCUT2D eigenvalue weighted by atomic mass is 10.2. The molecule has 0 bridgehead atoms. The van der Waals surface area contributed by atoms with Gasteiger partial charge in [0.15, 0.2) is 5.78 Å². The predicted octanol–water partition coefficient (Wildman–Crippen LogP) is 1.55. The number of nitrogens with zero attached hydrogens (tertiary/aromatic N) is 2. The van der Waals surface area contributed by atoms with Crippen molar-refractivity contribution >= 4 is 34.7 Å². The van der Waals surface area contributed by atoms with E-state index in [1.807, 2.05) is 0 Å². The van der Waals surface area contributed by atoms with Gasteiger partial charge in [0.25, 0.3) is 5.69 Å². The molecule has 0 aliphatic carbocycles. The molecule has 1 aromatic carbocycles. The van der Waals surface area contributed by atoms with Crippen molar-refractivity contribution in [2.24, 2.45) is 0 Å². The number of nitro groups is 1. The molecule has 0 atom stereocenters. The summed E-state index contributed by atoms with van der Waals surface area (Å²) in [5, 5.41) is 11.0. The Morgan fingerprint density at radius 1 is 1.35 bits per heavy atom. The maximum Gasteiger partial charge on any atom is 0.294 e.